The van der Waals surface area contributed by atoms with Crippen LogP contribution in [-0.4, -0.2) is 39.7 Å². The summed E-state index contributed by atoms with van der Waals surface area (Å²) >= 11 is 0. The van der Waals surface area contributed by atoms with Gasteiger partial charge in [-0.25, -0.2) is 4.68 Å². The van der Waals surface area contributed by atoms with Gasteiger partial charge in [0.2, 0.25) is 5.91 Å². The third-order valence-electron chi connectivity index (χ3n) is 5.09. The molecular formula is C19H26N4O. The summed E-state index contributed by atoms with van der Waals surface area (Å²) in [6, 6.07) is 10.3. The van der Waals surface area contributed by atoms with E-state index in [1.54, 1.807) is 0 Å². The second kappa shape index (κ2) is 6.77. The molecule has 1 fully saturated rings. The first kappa shape index (κ1) is 16.7. The number of carbonyl (C=O) groups excluding carboxylic acids is 1. The molecule has 2 unspecified atom stereocenters. The fraction of sp³-hybridized carbons (Fsp3) is 0.474. The molecule has 2 N–H and O–H groups in total. The third kappa shape index (κ3) is 3.08. The van der Waals surface area contributed by atoms with Crippen molar-refractivity contribution in [3.63, 3.8) is 0 Å². The minimum absolute atomic E-state index is 0.178. The number of likely N-dealkylation sites (tertiary alicyclic amines) is 1. The van der Waals surface area contributed by atoms with Gasteiger partial charge in [-0.3, -0.25) is 4.79 Å². The maximum Gasteiger partial charge on any atom is 0.227 e. The maximum absolute atomic E-state index is 12.8. The molecule has 0 bridgehead atoms. The lowest BCUT2D eigenvalue weighted by Gasteiger charge is -2.21. The van der Waals surface area contributed by atoms with Crippen LogP contribution >= 0.6 is 0 Å². The number of hydrogen-bond donors (Lipinski definition) is 1. The van der Waals surface area contributed by atoms with Crippen molar-refractivity contribution in [2.75, 3.05) is 13.1 Å². The Balaban J connectivity index is 1.81. The van der Waals surface area contributed by atoms with E-state index in [0.29, 0.717) is 18.9 Å². The maximum atomic E-state index is 12.8. The average Bonchev–Trinajstić information content (AvgIpc) is 3.10. The highest BCUT2D eigenvalue weighted by atomic mass is 16.2. The predicted octanol–water partition coefficient (Wildman–Crippen LogP) is 2.23. The number of nitrogens with zero attached hydrogens (tertiary/aromatic N) is 3. The number of amides is 1. The van der Waals surface area contributed by atoms with E-state index in [4.69, 9.17) is 5.73 Å². The lowest BCUT2D eigenvalue weighted by Crippen LogP contribution is -2.35. The molecule has 1 aromatic heterocycles. The molecule has 5 nitrogen and oxygen atoms in total. The van der Waals surface area contributed by atoms with Crippen molar-refractivity contribution < 1.29 is 4.79 Å². The van der Waals surface area contributed by atoms with Crippen molar-refractivity contribution in [1.82, 2.24) is 14.7 Å². The van der Waals surface area contributed by atoms with Crippen LogP contribution in [0.15, 0.2) is 30.3 Å². The van der Waals surface area contributed by atoms with Gasteiger partial charge in [0.25, 0.3) is 0 Å². The standard InChI is InChI=1S/C19H26N4O/c1-13-9-16(11-20)12-22(13)19(24)10-18-14(2)21-23(15(18)3)17-7-5-4-6-8-17/h4-8,13,16H,9-12,20H2,1-3H3. The number of aryl methyl sites for hydroxylation is 1. The summed E-state index contributed by atoms with van der Waals surface area (Å²) in [5, 5.41) is 4.64. The third-order valence-corrected chi connectivity index (χ3v) is 5.09. The van der Waals surface area contributed by atoms with Crippen molar-refractivity contribution in [3.05, 3.63) is 47.3 Å². The second-order valence-electron chi connectivity index (χ2n) is 6.81. The van der Waals surface area contributed by atoms with Gasteiger partial charge in [-0.2, -0.15) is 5.10 Å². The topological polar surface area (TPSA) is 64.2 Å². The van der Waals surface area contributed by atoms with Crippen LogP contribution in [0.1, 0.15) is 30.3 Å². The Labute approximate surface area is 143 Å². The summed E-state index contributed by atoms with van der Waals surface area (Å²) in [5.41, 5.74) is 9.79. The van der Waals surface area contributed by atoms with Crippen molar-refractivity contribution in [3.8, 4) is 5.69 Å². The molecule has 128 valence electrons. The zero-order valence-electron chi connectivity index (χ0n) is 14.7. The smallest absolute Gasteiger partial charge is 0.227 e. The Morgan fingerprint density at radius 2 is 2.00 bits per heavy atom. The molecule has 1 aromatic carbocycles. The Morgan fingerprint density at radius 1 is 1.29 bits per heavy atom. The minimum atomic E-state index is 0.178. The van der Waals surface area contributed by atoms with Crippen LogP contribution in [0, 0.1) is 19.8 Å². The summed E-state index contributed by atoms with van der Waals surface area (Å²) in [4.78, 5) is 14.8. The summed E-state index contributed by atoms with van der Waals surface area (Å²) in [7, 11) is 0. The highest BCUT2D eigenvalue weighted by Gasteiger charge is 2.32. The number of hydrogen-bond acceptors (Lipinski definition) is 3. The Bertz CT molecular complexity index is 722. The van der Waals surface area contributed by atoms with Gasteiger partial charge in [0, 0.05) is 23.8 Å². The van der Waals surface area contributed by atoms with Gasteiger partial charge in [0.15, 0.2) is 0 Å². The average molecular weight is 326 g/mol. The molecule has 2 aromatic rings. The molecule has 3 rings (SSSR count). The Kier molecular flexibility index (Phi) is 4.71. The molecule has 0 spiro atoms. The molecule has 0 radical (unpaired) electrons. The van der Waals surface area contributed by atoms with E-state index >= 15 is 0 Å². The van der Waals surface area contributed by atoms with Gasteiger partial charge in [-0.05, 0) is 51.8 Å². The van der Waals surface area contributed by atoms with Gasteiger partial charge in [0.1, 0.15) is 0 Å². The van der Waals surface area contributed by atoms with Crippen LogP contribution in [0.2, 0.25) is 0 Å². The molecular weight excluding hydrogens is 300 g/mol. The van der Waals surface area contributed by atoms with Gasteiger partial charge < -0.3 is 10.6 Å². The van der Waals surface area contributed by atoms with Gasteiger partial charge in [-0.1, -0.05) is 18.2 Å². The lowest BCUT2D eigenvalue weighted by molar-refractivity contribution is -0.131. The summed E-state index contributed by atoms with van der Waals surface area (Å²) in [5.74, 6) is 0.607. The molecule has 0 aliphatic carbocycles. The van der Waals surface area contributed by atoms with Crippen LogP contribution in [-0.2, 0) is 11.2 Å². The molecule has 5 heteroatoms. The van der Waals surface area contributed by atoms with Gasteiger partial charge >= 0.3 is 0 Å². The normalized spacial score (nSPS) is 20.6. The van der Waals surface area contributed by atoms with E-state index in [1.165, 1.54) is 0 Å². The van der Waals surface area contributed by atoms with Crippen molar-refractivity contribution >= 4 is 5.91 Å². The van der Waals surface area contributed by atoms with Gasteiger partial charge in [-0.15, -0.1) is 0 Å². The van der Waals surface area contributed by atoms with E-state index in [0.717, 1.165) is 35.6 Å². The summed E-state index contributed by atoms with van der Waals surface area (Å²) in [6.45, 7) is 7.55. The van der Waals surface area contributed by atoms with E-state index in [9.17, 15) is 4.79 Å². The largest absolute Gasteiger partial charge is 0.339 e. The number of carbonyl (C=O) groups is 1. The van der Waals surface area contributed by atoms with E-state index in [1.807, 2.05) is 53.8 Å². The summed E-state index contributed by atoms with van der Waals surface area (Å²) < 4.78 is 1.92. The summed E-state index contributed by atoms with van der Waals surface area (Å²) in [6.07, 6.45) is 1.41. The number of rotatable bonds is 4. The van der Waals surface area contributed by atoms with Crippen LogP contribution in [0.25, 0.3) is 5.69 Å². The lowest BCUT2D eigenvalue weighted by atomic mass is 10.1. The number of nitrogens with two attached hydrogens (primary N) is 1. The van der Waals surface area contributed by atoms with Crippen molar-refractivity contribution in [1.29, 1.82) is 0 Å². The fourth-order valence-corrected chi connectivity index (χ4v) is 3.66. The first-order valence-electron chi connectivity index (χ1n) is 8.61. The Hall–Kier alpha value is -2.14. The first-order chi connectivity index (χ1) is 11.5. The van der Waals surface area contributed by atoms with Crippen LogP contribution in [0.3, 0.4) is 0 Å². The van der Waals surface area contributed by atoms with Crippen LogP contribution in [0.4, 0.5) is 0 Å². The first-order valence-corrected chi connectivity index (χ1v) is 8.61. The van der Waals surface area contributed by atoms with E-state index in [-0.39, 0.29) is 11.9 Å². The monoisotopic (exact) mass is 326 g/mol. The molecule has 1 aliphatic rings. The molecule has 0 saturated carbocycles. The van der Waals surface area contributed by atoms with Crippen molar-refractivity contribution in [2.24, 2.45) is 11.7 Å². The quantitative estimate of drug-likeness (QED) is 0.937. The Morgan fingerprint density at radius 3 is 2.62 bits per heavy atom. The molecule has 2 atom stereocenters. The predicted molar refractivity (Wildman–Crippen MR) is 95.1 cm³/mol. The highest BCUT2D eigenvalue weighted by molar-refractivity contribution is 5.80. The zero-order valence-corrected chi connectivity index (χ0v) is 14.7. The number of benzene rings is 1. The molecule has 2 heterocycles. The zero-order chi connectivity index (χ0) is 17.3. The second-order valence-corrected chi connectivity index (χ2v) is 6.81. The fourth-order valence-electron chi connectivity index (χ4n) is 3.66. The number of para-hydroxylation sites is 1. The van der Waals surface area contributed by atoms with E-state index in [2.05, 4.69) is 12.0 Å². The van der Waals surface area contributed by atoms with Crippen LogP contribution < -0.4 is 5.73 Å². The SMILES string of the molecule is Cc1nn(-c2ccccc2)c(C)c1CC(=O)N1CC(CN)CC1C. The molecule has 1 amide bonds. The van der Waals surface area contributed by atoms with E-state index < -0.39 is 0 Å². The molecule has 1 saturated heterocycles. The highest BCUT2D eigenvalue weighted by Crippen LogP contribution is 2.25. The van der Waals surface area contributed by atoms with Crippen LogP contribution in [0.5, 0.6) is 0 Å². The minimum Gasteiger partial charge on any atom is -0.339 e. The molecule has 1 aliphatic heterocycles. The molecule has 24 heavy (non-hydrogen) atoms. The van der Waals surface area contributed by atoms with Gasteiger partial charge in [0.05, 0.1) is 17.8 Å². The number of aromatic nitrogens is 2. The van der Waals surface area contributed by atoms with Crippen molar-refractivity contribution in [2.45, 2.75) is 39.7 Å².